The van der Waals surface area contributed by atoms with Crippen molar-refractivity contribution in [3.8, 4) is 0 Å². The molecule has 0 amide bonds. The predicted octanol–water partition coefficient (Wildman–Crippen LogP) is 2.93. The lowest BCUT2D eigenvalue weighted by atomic mass is 9.87. The zero-order valence-electron chi connectivity index (χ0n) is 7.30. The van der Waals surface area contributed by atoms with Crippen LogP contribution in [0.3, 0.4) is 0 Å². The zero-order valence-corrected chi connectivity index (χ0v) is 7.30. The highest BCUT2D eigenvalue weighted by molar-refractivity contribution is 5.09. The first-order valence-electron chi connectivity index (χ1n) is 4.75. The summed E-state index contributed by atoms with van der Waals surface area (Å²) in [5, 5.41) is 0. The van der Waals surface area contributed by atoms with E-state index in [4.69, 9.17) is 0 Å². The van der Waals surface area contributed by atoms with Gasteiger partial charge in [-0.25, -0.2) is 0 Å². The summed E-state index contributed by atoms with van der Waals surface area (Å²) in [6.45, 7) is 7.17. The van der Waals surface area contributed by atoms with Gasteiger partial charge in [0.1, 0.15) is 0 Å². The maximum atomic E-state index is 2.43. The standard InChI is InChI=1S/C10H18/c1-4-6(2)9-8-5-7(3)10(8)9/h6-10H,4-5H2,1-3H3. The summed E-state index contributed by atoms with van der Waals surface area (Å²) in [7, 11) is 0. The molecule has 2 saturated carbocycles. The minimum Gasteiger partial charge on any atom is -0.0651 e. The summed E-state index contributed by atoms with van der Waals surface area (Å²) in [6.07, 6.45) is 2.93. The van der Waals surface area contributed by atoms with Gasteiger partial charge in [-0.15, -0.1) is 0 Å². The van der Waals surface area contributed by atoms with Gasteiger partial charge in [-0.1, -0.05) is 27.2 Å². The summed E-state index contributed by atoms with van der Waals surface area (Å²) in [4.78, 5) is 0. The van der Waals surface area contributed by atoms with Gasteiger partial charge in [0.15, 0.2) is 0 Å². The van der Waals surface area contributed by atoms with Crippen molar-refractivity contribution in [3.05, 3.63) is 0 Å². The Balaban J connectivity index is 1.89. The third-order valence-corrected chi connectivity index (χ3v) is 3.89. The molecular weight excluding hydrogens is 120 g/mol. The molecule has 5 atom stereocenters. The van der Waals surface area contributed by atoms with E-state index in [2.05, 4.69) is 20.8 Å². The highest BCUT2D eigenvalue weighted by Crippen LogP contribution is 2.67. The van der Waals surface area contributed by atoms with Gasteiger partial charge in [-0.05, 0) is 36.0 Å². The van der Waals surface area contributed by atoms with Crippen molar-refractivity contribution in [2.75, 3.05) is 0 Å². The average molecular weight is 138 g/mol. The molecule has 0 aromatic carbocycles. The van der Waals surface area contributed by atoms with Gasteiger partial charge in [-0.2, -0.15) is 0 Å². The Bertz CT molecular complexity index is 137. The molecule has 0 spiro atoms. The van der Waals surface area contributed by atoms with Crippen molar-refractivity contribution in [2.45, 2.75) is 33.6 Å². The fourth-order valence-electron chi connectivity index (χ4n) is 3.01. The molecule has 0 nitrogen and oxygen atoms in total. The highest BCUT2D eigenvalue weighted by atomic mass is 14.7. The minimum absolute atomic E-state index is 1.01. The zero-order chi connectivity index (χ0) is 7.30. The van der Waals surface area contributed by atoms with Gasteiger partial charge in [0.05, 0.1) is 0 Å². The van der Waals surface area contributed by atoms with Crippen LogP contribution in [0.15, 0.2) is 0 Å². The number of rotatable bonds is 2. The van der Waals surface area contributed by atoms with Crippen LogP contribution in [0.1, 0.15) is 33.6 Å². The Kier molecular flexibility index (Phi) is 1.33. The van der Waals surface area contributed by atoms with E-state index in [0.717, 1.165) is 23.7 Å². The highest BCUT2D eigenvalue weighted by Gasteiger charge is 2.61. The van der Waals surface area contributed by atoms with Gasteiger partial charge >= 0.3 is 0 Å². The Morgan fingerprint density at radius 3 is 2.50 bits per heavy atom. The molecule has 2 rings (SSSR count). The van der Waals surface area contributed by atoms with E-state index in [-0.39, 0.29) is 0 Å². The Morgan fingerprint density at radius 2 is 2.20 bits per heavy atom. The van der Waals surface area contributed by atoms with Crippen LogP contribution in [0.2, 0.25) is 0 Å². The molecule has 0 N–H and O–H groups in total. The van der Waals surface area contributed by atoms with Crippen LogP contribution in [-0.2, 0) is 0 Å². The van der Waals surface area contributed by atoms with Crippen LogP contribution in [0, 0.1) is 29.6 Å². The van der Waals surface area contributed by atoms with Crippen LogP contribution >= 0.6 is 0 Å². The summed E-state index contributed by atoms with van der Waals surface area (Å²) < 4.78 is 0. The molecule has 5 unspecified atom stereocenters. The topological polar surface area (TPSA) is 0 Å². The SMILES string of the molecule is CCC(C)C1C2CC(C)C21. The average Bonchev–Trinajstić information content (AvgIpc) is 2.54. The van der Waals surface area contributed by atoms with Crippen molar-refractivity contribution in [1.29, 1.82) is 0 Å². The quantitative estimate of drug-likeness (QED) is 0.550. The number of hydrogen-bond acceptors (Lipinski definition) is 0. The van der Waals surface area contributed by atoms with Crippen LogP contribution in [0.25, 0.3) is 0 Å². The van der Waals surface area contributed by atoms with E-state index in [1.807, 2.05) is 0 Å². The number of hydrogen-bond donors (Lipinski definition) is 0. The van der Waals surface area contributed by atoms with E-state index in [1.54, 1.807) is 6.42 Å². The van der Waals surface area contributed by atoms with E-state index in [1.165, 1.54) is 12.3 Å². The van der Waals surface area contributed by atoms with Gasteiger partial charge in [0.2, 0.25) is 0 Å². The summed E-state index contributed by atoms with van der Waals surface area (Å²) in [5.74, 6) is 5.56. The normalized spacial score (nSPS) is 53.1. The van der Waals surface area contributed by atoms with Gasteiger partial charge in [-0.3, -0.25) is 0 Å². The summed E-state index contributed by atoms with van der Waals surface area (Å²) >= 11 is 0. The molecule has 2 aliphatic rings. The number of fused-ring (bicyclic) bond motifs is 1. The molecule has 0 saturated heterocycles. The third-order valence-electron chi connectivity index (χ3n) is 3.89. The van der Waals surface area contributed by atoms with Crippen molar-refractivity contribution in [3.63, 3.8) is 0 Å². The fraction of sp³-hybridized carbons (Fsp3) is 1.00. The Hall–Kier alpha value is 0. The van der Waals surface area contributed by atoms with Crippen molar-refractivity contribution in [1.82, 2.24) is 0 Å². The lowest BCUT2D eigenvalue weighted by Gasteiger charge is -2.18. The molecule has 0 aliphatic heterocycles. The maximum absolute atomic E-state index is 2.43. The van der Waals surface area contributed by atoms with Gasteiger partial charge in [0, 0.05) is 0 Å². The van der Waals surface area contributed by atoms with E-state index in [9.17, 15) is 0 Å². The molecular formula is C10H18. The Labute approximate surface area is 64.0 Å². The van der Waals surface area contributed by atoms with Gasteiger partial charge in [0.25, 0.3) is 0 Å². The molecule has 0 aromatic heterocycles. The minimum atomic E-state index is 1.01. The van der Waals surface area contributed by atoms with Gasteiger partial charge < -0.3 is 0 Å². The molecule has 2 fully saturated rings. The molecule has 0 heteroatoms. The summed E-state index contributed by atoms with van der Waals surface area (Å²) in [6, 6.07) is 0. The van der Waals surface area contributed by atoms with Crippen LogP contribution in [0.4, 0.5) is 0 Å². The Morgan fingerprint density at radius 1 is 1.50 bits per heavy atom. The third kappa shape index (κ3) is 0.681. The molecule has 58 valence electrons. The molecule has 0 bridgehead atoms. The predicted molar refractivity (Wildman–Crippen MR) is 43.7 cm³/mol. The van der Waals surface area contributed by atoms with E-state index < -0.39 is 0 Å². The smallest absolute Gasteiger partial charge is 0.0323 e. The monoisotopic (exact) mass is 138 g/mol. The maximum Gasteiger partial charge on any atom is -0.0323 e. The van der Waals surface area contributed by atoms with Crippen LogP contribution < -0.4 is 0 Å². The largest absolute Gasteiger partial charge is 0.0651 e. The first-order valence-corrected chi connectivity index (χ1v) is 4.75. The van der Waals surface area contributed by atoms with Crippen molar-refractivity contribution in [2.24, 2.45) is 29.6 Å². The second-order valence-electron chi connectivity index (χ2n) is 4.42. The van der Waals surface area contributed by atoms with Crippen LogP contribution in [0.5, 0.6) is 0 Å². The lowest BCUT2D eigenvalue weighted by Crippen LogP contribution is -2.10. The second kappa shape index (κ2) is 1.99. The second-order valence-corrected chi connectivity index (χ2v) is 4.42. The van der Waals surface area contributed by atoms with Crippen LogP contribution in [-0.4, -0.2) is 0 Å². The van der Waals surface area contributed by atoms with E-state index in [0.29, 0.717) is 0 Å². The molecule has 10 heavy (non-hydrogen) atoms. The molecule has 0 aromatic rings. The fourth-order valence-corrected chi connectivity index (χ4v) is 3.01. The van der Waals surface area contributed by atoms with E-state index >= 15 is 0 Å². The lowest BCUT2D eigenvalue weighted by molar-refractivity contribution is 0.316. The first kappa shape index (κ1) is 6.69. The first-order chi connectivity index (χ1) is 4.75. The molecule has 0 radical (unpaired) electrons. The van der Waals surface area contributed by atoms with Crippen molar-refractivity contribution >= 4 is 0 Å². The molecule has 0 heterocycles. The van der Waals surface area contributed by atoms with Crippen molar-refractivity contribution < 1.29 is 0 Å². The molecule has 2 aliphatic carbocycles. The summed E-state index contributed by atoms with van der Waals surface area (Å²) in [5.41, 5.74) is 0.